The van der Waals surface area contributed by atoms with Crippen LogP contribution in [0.15, 0.2) is 23.3 Å². The van der Waals surface area contributed by atoms with Crippen molar-refractivity contribution in [3.05, 3.63) is 34.9 Å². The van der Waals surface area contributed by atoms with Crippen LogP contribution in [0.25, 0.3) is 0 Å². The number of rotatable bonds is 2. The van der Waals surface area contributed by atoms with Crippen molar-refractivity contribution >= 4 is 11.7 Å². The normalized spacial score (nSPS) is 11.3. The molecule has 0 atom stereocenters. The third-order valence-corrected chi connectivity index (χ3v) is 2.11. The van der Waals surface area contributed by atoms with Gasteiger partial charge in [-0.3, -0.25) is 0 Å². The molecular weight excluding hydrogens is 190 g/mol. The van der Waals surface area contributed by atoms with Crippen LogP contribution in [-0.2, 0) is 0 Å². The highest BCUT2D eigenvalue weighted by molar-refractivity contribution is 6.00. The minimum absolute atomic E-state index is 0.654. The standard InChI is InChI=1S/C11H15N3O/c1-7-4-5-10(8(2)6-7)9(3)13-14-11(12)15/h4-6H,1-3H3,(H3,12,14,15)/b13-9-. The van der Waals surface area contributed by atoms with Crippen LogP contribution in [0.2, 0.25) is 0 Å². The number of aryl methyl sites for hydroxylation is 2. The van der Waals surface area contributed by atoms with Gasteiger partial charge in [0.2, 0.25) is 0 Å². The van der Waals surface area contributed by atoms with E-state index in [1.807, 2.05) is 32.9 Å². The Morgan fingerprint density at radius 2 is 2.07 bits per heavy atom. The fourth-order valence-corrected chi connectivity index (χ4v) is 1.42. The maximum Gasteiger partial charge on any atom is 0.332 e. The summed E-state index contributed by atoms with van der Waals surface area (Å²) in [7, 11) is 0. The van der Waals surface area contributed by atoms with E-state index in [2.05, 4.69) is 16.6 Å². The van der Waals surface area contributed by atoms with Crippen LogP contribution >= 0.6 is 0 Å². The quantitative estimate of drug-likeness (QED) is 0.560. The Hall–Kier alpha value is -1.84. The summed E-state index contributed by atoms with van der Waals surface area (Å²) in [6.07, 6.45) is 0. The summed E-state index contributed by atoms with van der Waals surface area (Å²) in [6, 6.07) is 5.40. The van der Waals surface area contributed by atoms with E-state index in [0.717, 1.165) is 16.8 Å². The summed E-state index contributed by atoms with van der Waals surface area (Å²) in [5.41, 5.74) is 11.2. The molecule has 80 valence electrons. The predicted molar refractivity (Wildman–Crippen MR) is 60.8 cm³/mol. The average molecular weight is 205 g/mol. The molecule has 2 amide bonds. The molecule has 0 aliphatic carbocycles. The Morgan fingerprint density at radius 1 is 1.40 bits per heavy atom. The van der Waals surface area contributed by atoms with Crippen molar-refractivity contribution in [3.63, 3.8) is 0 Å². The van der Waals surface area contributed by atoms with Gasteiger partial charge in [0, 0.05) is 5.56 Å². The second-order valence-corrected chi connectivity index (χ2v) is 3.49. The van der Waals surface area contributed by atoms with E-state index in [1.54, 1.807) is 0 Å². The lowest BCUT2D eigenvalue weighted by Crippen LogP contribution is -2.25. The van der Waals surface area contributed by atoms with Gasteiger partial charge in [-0.1, -0.05) is 23.8 Å². The Balaban J connectivity index is 2.95. The average Bonchev–Trinajstić information content (AvgIpc) is 2.14. The maximum atomic E-state index is 10.5. The lowest BCUT2D eigenvalue weighted by Gasteiger charge is -2.06. The van der Waals surface area contributed by atoms with E-state index in [9.17, 15) is 4.79 Å². The van der Waals surface area contributed by atoms with Crippen LogP contribution in [0.4, 0.5) is 4.79 Å². The first-order valence-corrected chi connectivity index (χ1v) is 4.68. The molecule has 4 heteroatoms. The van der Waals surface area contributed by atoms with Crippen molar-refractivity contribution in [1.29, 1.82) is 0 Å². The summed E-state index contributed by atoms with van der Waals surface area (Å²) in [6.45, 7) is 5.87. The molecule has 15 heavy (non-hydrogen) atoms. The van der Waals surface area contributed by atoms with Crippen LogP contribution in [0.5, 0.6) is 0 Å². The van der Waals surface area contributed by atoms with Crippen molar-refractivity contribution in [2.75, 3.05) is 0 Å². The van der Waals surface area contributed by atoms with Gasteiger partial charge in [0.1, 0.15) is 0 Å². The molecule has 0 spiro atoms. The predicted octanol–water partition coefficient (Wildman–Crippen LogP) is 1.70. The monoisotopic (exact) mass is 205 g/mol. The Bertz CT molecular complexity index is 410. The summed E-state index contributed by atoms with van der Waals surface area (Å²) in [5, 5.41) is 3.88. The topological polar surface area (TPSA) is 67.5 Å². The van der Waals surface area contributed by atoms with Gasteiger partial charge in [0.05, 0.1) is 5.71 Å². The summed E-state index contributed by atoms with van der Waals surface area (Å²) >= 11 is 0. The number of carbonyl (C=O) groups excluding carboxylic acids is 1. The number of primary amides is 1. The van der Waals surface area contributed by atoms with E-state index in [1.165, 1.54) is 5.56 Å². The Labute approximate surface area is 89.2 Å². The summed E-state index contributed by atoms with van der Waals surface area (Å²) in [4.78, 5) is 10.5. The number of amides is 2. The van der Waals surface area contributed by atoms with Crippen LogP contribution in [0.3, 0.4) is 0 Å². The molecular formula is C11H15N3O. The largest absolute Gasteiger partial charge is 0.350 e. The molecule has 3 N–H and O–H groups in total. The third-order valence-electron chi connectivity index (χ3n) is 2.11. The molecule has 0 aromatic heterocycles. The lowest BCUT2D eigenvalue weighted by molar-refractivity contribution is 0.249. The first-order valence-electron chi connectivity index (χ1n) is 4.68. The summed E-state index contributed by atoms with van der Waals surface area (Å²) < 4.78 is 0. The van der Waals surface area contributed by atoms with E-state index in [-0.39, 0.29) is 0 Å². The number of nitrogens with one attached hydrogen (secondary N) is 1. The number of benzene rings is 1. The van der Waals surface area contributed by atoms with Crippen LogP contribution < -0.4 is 11.2 Å². The van der Waals surface area contributed by atoms with E-state index in [4.69, 9.17) is 5.73 Å². The number of nitrogens with two attached hydrogens (primary N) is 1. The number of hydrogen-bond donors (Lipinski definition) is 2. The molecule has 0 saturated carbocycles. The smallest absolute Gasteiger partial charge is 0.332 e. The minimum Gasteiger partial charge on any atom is -0.350 e. The van der Waals surface area contributed by atoms with E-state index < -0.39 is 6.03 Å². The number of carbonyl (C=O) groups is 1. The zero-order valence-electron chi connectivity index (χ0n) is 9.16. The van der Waals surface area contributed by atoms with Gasteiger partial charge < -0.3 is 5.73 Å². The molecule has 1 aromatic rings. The number of hydrazone groups is 1. The first kappa shape index (κ1) is 11.2. The zero-order chi connectivity index (χ0) is 11.4. The highest BCUT2D eigenvalue weighted by Gasteiger charge is 2.02. The minimum atomic E-state index is -0.654. The Morgan fingerprint density at radius 3 is 2.60 bits per heavy atom. The molecule has 0 unspecified atom stereocenters. The van der Waals surface area contributed by atoms with E-state index >= 15 is 0 Å². The van der Waals surface area contributed by atoms with Gasteiger partial charge >= 0.3 is 6.03 Å². The van der Waals surface area contributed by atoms with Gasteiger partial charge in [-0.15, -0.1) is 0 Å². The van der Waals surface area contributed by atoms with Gasteiger partial charge in [0.25, 0.3) is 0 Å². The first-order chi connectivity index (χ1) is 7.00. The molecule has 0 heterocycles. The van der Waals surface area contributed by atoms with Crippen molar-refractivity contribution in [3.8, 4) is 0 Å². The molecule has 0 fully saturated rings. The van der Waals surface area contributed by atoms with Crippen molar-refractivity contribution in [2.24, 2.45) is 10.8 Å². The number of urea groups is 1. The van der Waals surface area contributed by atoms with Crippen molar-refractivity contribution in [1.82, 2.24) is 5.43 Å². The van der Waals surface area contributed by atoms with E-state index in [0.29, 0.717) is 0 Å². The third kappa shape index (κ3) is 3.09. The molecule has 0 saturated heterocycles. The van der Waals surface area contributed by atoms with Gasteiger partial charge in [0.15, 0.2) is 0 Å². The van der Waals surface area contributed by atoms with Crippen LogP contribution in [-0.4, -0.2) is 11.7 Å². The molecule has 0 radical (unpaired) electrons. The lowest BCUT2D eigenvalue weighted by atomic mass is 10.0. The maximum absolute atomic E-state index is 10.5. The fourth-order valence-electron chi connectivity index (χ4n) is 1.42. The van der Waals surface area contributed by atoms with Gasteiger partial charge in [-0.25, -0.2) is 10.2 Å². The molecule has 4 nitrogen and oxygen atoms in total. The summed E-state index contributed by atoms with van der Waals surface area (Å²) in [5.74, 6) is 0. The number of nitrogens with zero attached hydrogens (tertiary/aromatic N) is 1. The van der Waals surface area contributed by atoms with Crippen molar-refractivity contribution < 1.29 is 4.79 Å². The fraction of sp³-hybridized carbons (Fsp3) is 0.273. The zero-order valence-corrected chi connectivity index (χ0v) is 9.16. The van der Waals surface area contributed by atoms with Crippen LogP contribution in [0, 0.1) is 13.8 Å². The SMILES string of the molecule is C/C(=N/NC(N)=O)c1ccc(C)cc1C. The molecule has 0 aliphatic rings. The number of hydrogen-bond acceptors (Lipinski definition) is 2. The highest BCUT2D eigenvalue weighted by atomic mass is 16.2. The second-order valence-electron chi connectivity index (χ2n) is 3.49. The molecule has 0 aliphatic heterocycles. The second kappa shape index (κ2) is 4.59. The van der Waals surface area contributed by atoms with Gasteiger partial charge in [-0.05, 0) is 26.3 Å². The highest BCUT2D eigenvalue weighted by Crippen LogP contribution is 2.11. The van der Waals surface area contributed by atoms with Crippen molar-refractivity contribution in [2.45, 2.75) is 20.8 Å². The van der Waals surface area contributed by atoms with Crippen LogP contribution in [0.1, 0.15) is 23.6 Å². The van der Waals surface area contributed by atoms with Gasteiger partial charge in [-0.2, -0.15) is 5.10 Å². The Kier molecular flexibility index (Phi) is 3.44. The molecule has 0 bridgehead atoms. The molecule has 1 aromatic carbocycles. The molecule has 1 rings (SSSR count).